The van der Waals surface area contributed by atoms with Crippen LogP contribution in [0.4, 0.5) is 0 Å². The summed E-state index contributed by atoms with van der Waals surface area (Å²) >= 11 is 0. The molecule has 0 aliphatic carbocycles. The zero-order valence-corrected chi connectivity index (χ0v) is 8.52. The second kappa shape index (κ2) is 8.72. The van der Waals surface area contributed by atoms with Gasteiger partial charge in [0.1, 0.15) is 6.73 Å². The fraction of sp³-hybridized carbons (Fsp3) is 0.0833. The number of aliphatic hydroxyl groups excluding tert-OH is 1. The highest BCUT2D eigenvalue weighted by Crippen LogP contribution is 1.97. The van der Waals surface area contributed by atoms with Crippen LogP contribution in [0.5, 0.6) is 0 Å². The summed E-state index contributed by atoms with van der Waals surface area (Å²) < 4.78 is 0. The molecule has 0 heterocycles. The summed E-state index contributed by atoms with van der Waals surface area (Å²) in [7, 11) is 0. The van der Waals surface area contributed by atoms with Gasteiger partial charge in [-0.15, -0.1) is 0 Å². The fourth-order valence-corrected chi connectivity index (χ4v) is 0.739. The molecule has 3 heteroatoms. The van der Waals surface area contributed by atoms with Crippen LogP contribution >= 0.6 is 0 Å². The molecule has 0 fully saturated rings. The lowest BCUT2D eigenvalue weighted by Gasteiger charge is -1.89. The lowest BCUT2D eigenvalue weighted by Crippen LogP contribution is -2.20. The Morgan fingerprint density at radius 3 is 2.20 bits per heavy atom. The third kappa shape index (κ3) is 7.22. The maximum Gasteiger partial charge on any atom is 0.245 e. The summed E-state index contributed by atoms with van der Waals surface area (Å²) in [5.41, 5.74) is 1.17. The van der Waals surface area contributed by atoms with E-state index < -0.39 is 0 Å². The molecule has 0 radical (unpaired) electrons. The molecule has 15 heavy (non-hydrogen) atoms. The van der Waals surface area contributed by atoms with Gasteiger partial charge in [0.05, 0.1) is 0 Å². The lowest BCUT2D eigenvalue weighted by molar-refractivity contribution is -0.117. The average molecular weight is 205 g/mol. The minimum Gasteiger partial charge on any atom is -0.376 e. The predicted octanol–water partition coefficient (Wildman–Crippen LogP) is 1.57. The number of amides is 1. The Hall–Kier alpha value is -1.87. The van der Waals surface area contributed by atoms with E-state index in [0.29, 0.717) is 0 Å². The standard InChI is InChI=1S/C8H8.C4H7NO2/c1-2-8-6-4-3-5-7-8;1-2-4(7)5-3-6/h2-7H,1H2;2,6H,1,3H2,(H,5,7). The molecule has 0 atom stereocenters. The number of nitrogens with one attached hydrogen (secondary N) is 1. The third-order valence-corrected chi connectivity index (χ3v) is 1.47. The number of hydrogen-bond acceptors (Lipinski definition) is 2. The summed E-state index contributed by atoms with van der Waals surface area (Å²) in [5, 5.41) is 10.1. The van der Waals surface area contributed by atoms with Gasteiger partial charge in [0, 0.05) is 0 Å². The molecule has 0 aliphatic rings. The van der Waals surface area contributed by atoms with E-state index in [9.17, 15) is 4.79 Å². The molecule has 80 valence electrons. The van der Waals surface area contributed by atoms with Crippen molar-refractivity contribution in [3.05, 3.63) is 55.1 Å². The first kappa shape index (κ1) is 13.1. The van der Waals surface area contributed by atoms with Crippen LogP contribution < -0.4 is 5.32 Å². The average Bonchev–Trinajstić information content (AvgIpc) is 2.31. The summed E-state index contributed by atoms with van der Waals surface area (Å²) in [6.45, 7) is 6.46. The van der Waals surface area contributed by atoms with Crippen LogP contribution in [0.2, 0.25) is 0 Å². The van der Waals surface area contributed by atoms with Gasteiger partial charge in [0.2, 0.25) is 5.91 Å². The Labute approximate surface area is 89.8 Å². The van der Waals surface area contributed by atoms with Crippen molar-refractivity contribution in [2.45, 2.75) is 0 Å². The minimum atomic E-state index is -0.359. The maximum atomic E-state index is 10.0. The van der Waals surface area contributed by atoms with E-state index in [-0.39, 0.29) is 12.6 Å². The lowest BCUT2D eigenvalue weighted by atomic mass is 10.2. The molecule has 0 unspecified atom stereocenters. The molecule has 0 aromatic heterocycles. The van der Waals surface area contributed by atoms with Gasteiger partial charge in [-0.1, -0.05) is 49.6 Å². The van der Waals surface area contributed by atoms with Gasteiger partial charge in [-0.05, 0) is 11.6 Å². The molecule has 2 N–H and O–H groups in total. The molecule has 0 spiro atoms. The van der Waals surface area contributed by atoms with Crippen LogP contribution in [0, 0.1) is 0 Å². The molecular weight excluding hydrogens is 190 g/mol. The van der Waals surface area contributed by atoms with Crippen LogP contribution in [0.3, 0.4) is 0 Å². The topological polar surface area (TPSA) is 49.3 Å². The highest BCUT2D eigenvalue weighted by Gasteiger charge is 1.84. The highest BCUT2D eigenvalue weighted by atomic mass is 16.3. The smallest absolute Gasteiger partial charge is 0.245 e. The van der Waals surface area contributed by atoms with E-state index in [1.165, 1.54) is 5.56 Å². The van der Waals surface area contributed by atoms with E-state index in [1.807, 2.05) is 36.4 Å². The van der Waals surface area contributed by atoms with E-state index in [4.69, 9.17) is 5.11 Å². The number of carbonyl (C=O) groups excluding carboxylic acids is 1. The van der Waals surface area contributed by atoms with Crippen LogP contribution in [0.1, 0.15) is 5.56 Å². The van der Waals surface area contributed by atoms with Gasteiger partial charge in [0.15, 0.2) is 0 Å². The third-order valence-electron chi connectivity index (χ3n) is 1.47. The van der Waals surface area contributed by atoms with Crippen molar-refractivity contribution < 1.29 is 9.90 Å². The molecule has 1 amide bonds. The number of hydrogen-bond donors (Lipinski definition) is 2. The van der Waals surface area contributed by atoms with Crippen molar-refractivity contribution in [1.82, 2.24) is 5.32 Å². The predicted molar refractivity (Wildman–Crippen MR) is 62.0 cm³/mol. The van der Waals surface area contributed by atoms with E-state index in [1.54, 1.807) is 0 Å². The van der Waals surface area contributed by atoms with Gasteiger partial charge >= 0.3 is 0 Å². The minimum absolute atomic E-state index is 0.329. The molecule has 0 bridgehead atoms. The van der Waals surface area contributed by atoms with Crippen LogP contribution in [0.15, 0.2) is 49.6 Å². The Bertz CT molecular complexity index is 307. The van der Waals surface area contributed by atoms with Crippen molar-refractivity contribution in [3.8, 4) is 0 Å². The van der Waals surface area contributed by atoms with Crippen LogP contribution in [0.25, 0.3) is 6.08 Å². The largest absolute Gasteiger partial charge is 0.376 e. The first-order valence-corrected chi connectivity index (χ1v) is 4.43. The highest BCUT2D eigenvalue weighted by molar-refractivity contribution is 5.86. The molecule has 1 aromatic rings. The van der Waals surface area contributed by atoms with Gasteiger partial charge in [-0.25, -0.2) is 0 Å². The summed E-state index contributed by atoms with van der Waals surface area (Å²) in [5.74, 6) is -0.359. The van der Waals surface area contributed by atoms with Crippen molar-refractivity contribution >= 4 is 12.0 Å². The maximum absolute atomic E-state index is 10.0. The van der Waals surface area contributed by atoms with Crippen LogP contribution in [-0.2, 0) is 4.79 Å². The Kier molecular flexibility index (Phi) is 7.63. The fourth-order valence-electron chi connectivity index (χ4n) is 0.739. The summed E-state index contributed by atoms with van der Waals surface area (Å²) in [4.78, 5) is 10.0. The SMILES string of the molecule is C=CC(=O)NCO.C=Cc1ccccc1. The van der Waals surface area contributed by atoms with Crippen molar-refractivity contribution in [2.75, 3.05) is 6.73 Å². The quantitative estimate of drug-likeness (QED) is 0.581. The summed E-state index contributed by atoms with van der Waals surface area (Å²) in [6, 6.07) is 10.0. The second-order valence-electron chi connectivity index (χ2n) is 2.52. The molecule has 0 saturated carbocycles. The van der Waals surface area contributed by atoms with Gasteiger partial charge in [-0.3, -0.25) is 4.79 Å². The normalized spacial score (nSPS) is 8.07. The molecule has 0 aliphatic heterocycles. The Morgan fingerprint density at radius 1 is 1.33 bits per heavy atom. The van der Waals surface area contributed by atoms with Gasteiger partial charge < -0.3 is 10.4 Å². The summed E-state index contributed by atoms with van der Waals surface area (Å²) in [6.07, 6.45) is 2.93. The second-order valence-corrected chi connectivity index (χ2v) is 2.52. The first-order valence-electron chi connectivity index (χ1n) is 4.43. The molecular formula is C12H15NO2. The number of rotatable bonds is 3. The van der Waals surface area contributed by atoms with Crippen LogP contribution in [-0.4, -0.2) is 17.7 Å². The Morgan fingerprint density at radius 2 is 1.93 bits per heavy atom. The zero-order chi connectivity index (χ0) is 11.5. The number of aliphatic hydroxyl groups is 1. The molecule has 3 nitrogen and oxygen atoms in total. The van der Waals surface area contributed by atoms with Crippen molar-refractivity contribution in [3.63, 3.8) is 0 Å². The molecule has 1 rings (SSSR count). The molecule has 1 aromatic carbocycles. The van der Waals surface area contributed by atoms with Crippen molar-refractivity contribution in [2.24, 2.45) is 0 Å². The number of carbonyl (C=O) groups is 1. The Balaban J connectivity index is 0.000000265. The van der Waals surface area contributed by atoms with E-state index >= 15 is 0 Å². The monoisotopic (exact) mass is 205 g/mol. The zero-order valence-electron chi connectivity index (χ0n) is 8.52. The van der Waals surface area contributed by atoms with E-state index in [2.05, 4.69) is 18.5 Å². The molecule has 0 saturated heterocycles. The van der Waals surface area contributed by atoms with Crippen molar-refractivity contribution in [1.29, 1.82) is 0 Å². The van der Waals surface area contributed by atoms with Gasteiger partial charge in [0.25, 0.3) is 0 Å². The van der Waals surface area contributed by atoms with E-state index in [0.717, 1.165) is 6.08 Å². The number of benzene rings is 1. The van der Waals surface area contributed by atoms with Gasteiger partial charge in [-0.2, -0.15) is 0 Å². The first-order chi connectivity index (χ1) is 7.24.